The van der Waals surface area contributed by atoms with Crippen molar-refractivity contribution in [2.45, 2.75) is 37.8 Å². The number of carbonyl (C=O) groups is 1. The lowest BCUT2D eigenvalue weighted by molar-refractivity contribution is -0.122. The summed E-state index contributed by atoms with van der Waals surface area (Å²) in [6.45, 7) is 0. The maximum atomic E-state index is 12.5. The molecule has 0 aliphatic heterocycles. The van der Waals surface area contributed by atoms with Crippen molar-refractivity contribution in [3.63, 3.8) is 0 Å². The van der Waals surface area contributed by atoms with Gasteiger partial charge in [0.1, 0.15) is 0 Å². The molecule has 0 spiro atoms. The molecular weight excluding hydrogens is 286 g/mol. The van der Waals surface area contributed by atoms with Crippen LogP contribution in [-0.2, 0) is 4.79 Å². The Morgan fingerprint density at radius 1 is 1.13 bits per heavy atom. The van der Waals surface area contributed by atoms with E-state index in [1.807, 2.05) is 42.5 Å². The van der Waals surface area contributed by atoms with Gasteiger partial charge in [-0.3, -0.25) is 9.78 Å². The summed E-state index contributed by atoms with van der Waals surface area (Å²) in [5, 5.41) is 3.17. The molecule has 1 fully saturated rings. The maximum Gasteiger partial charge on any atom is 0.221 e. The Bertz CT molecular complexity index is 590. The first-order valence-corrected chi connectivity index (χ1v) is 8.24. The summed E-state index contributed by atoms with van der Waals surface area (Å²) >= 11 is 0. The van der Waals surface area contributed by atoms with Gasteiger partial charge in [-0.1, -0.05) is 36.8 Å². The van der Waals surface area contributed by atoms with Gasteiger partial charge in [-0.2, -0.15) is 0 Å². The second kappa shape index (κ2) is 7.38. The molecule has 1 aromatic carbocycles. The van der Waals surface area contributed by atoms with Crippen LogP contribution in [-0.4, -0.2) is 16.9 Å². The number of carbonyl (C=O) groups excluding carboxylic acids is 1. The second-order valence-corrected chi connectivity index (χ2v) is 6.25. The van der Waals surface area contributed by atoms with Crippen molar-refractivity contribution >= 4 is 5.91 Å². The lowest BCUT2D eigenvalue weighted by Crippen LogP contribution is -2.34. The molecule has 3 atom stereocenters. The molecule has 1 saturated carbocycles. The summed E-state index contributed by atoms with van der Waals surface area (Å²) in [5.41, 5.74) is 8.20. The molecule has 4 nitrogen and oxygen atoms in total. The molecule has 0 radical (unpaired) electrons. The van der Waals surface area contributed by atoms with E-state index < -0.39 is 0 Å². The van der Waals surface area contributed by atoms with E-state index in [1.54, 1.807) is 12.4 Å². The number of amides is 1. The minimum absolute atomic E-state index is 0.0676. The van der Waals surface area contributed by atoms with Crippen molar-refractivity contribution in [1.29, 1.82) is 0 Å². The molecule has 3 N–H and O–H groups in total. The normalized spacial score (nSPS) is 21.8. The predicted octanol–water partition coefficient (Wildman–Crippen LogP) is 2.80. The molecule has 1 heterocycles. The van der Waals surface area contributed by atoms with Crippen molar-refractivity contribution in [2.24, 2.45) is 11.7 Å². The number of nitrogens with two attached hydrogens (primary N) is 1. The second-order valence-electron chi connectivity index (χ2n) is 6.25. The average molecular weight is 309 g/mol. The van der Waals surface area contributed by atoms with E-state index in [0.717, 1.165) is 30.4 Å². The molecule has 1 amide bonds. The lowest BCUT2D eigenvalue weighted by Gasteiger charge is -2.22. The van der Waals surface area contributed by atoms with E-state index in [0.29, 0.717) is 12.3 Å². The Morgan fingerprint density at radius 2 is 1.83 bits per heavy atom. The van der Waals surface area contributed by atoms with E-state index >= 15 is 0 Å². The Labute approximate surface area is 137 Å². The summed E-state index contributed by atoms with van der Waals surface area (Å²) in [5.74, 6) is 0.377. The third kappa shape index (κ3) is 3.96. The smallest absolute Gasteiger partial charge is 0.221 e. The number of benzene rings is 1. The van der Waals surface area contributed by atoms with Crippen LogP contribution in [0.2, 0.25) is 0 Å². The molecule has 23 heavy (non-hydrogen) atoms. The van der Waals surface area contributed by atoms with E-state index in [9.17, 15) is 4.79 Å². The maximum absolute atomic E-state index is 12.5. The first-order valence-electron chi connectivity index (χ1n) is 8.24. The summed E-state index contributed by atoms with van der Waals surface area (Å²) < 4.78 is 0. The van der Waals surface area contributed by atoms with Gasteiger partial charge >= 0.3 is 0 Å². The van der Waals surface area contributed by atoms with Crippen molar-refractivity contribution in [3.05, 3.63) is 66.0 Å². The molecule has 1 aliphatic rings. The molecule has 120 valence electrons. The van der Waals surface area contributed by atoms with Gasteiger partial charge < -0.3 is 11.1 Å². The van der Waals surface area contributed by atoms with Crippen LogP contribution in [0.3, 0.4) is 0 Å². The van der Waals surface area contributed by atoms with Crippen molar-refractivity contribution in [3.8, 4) is 0 Å². The molecule has 3 rings (SSSR count). The molecule has 1 aliphatic carbocycles. The Morgan fingerprint density at radius 3 is 2.48 bits per heavy atom. The minimum atomic E-state index is -0.149. The summed E-state index contributed by atoms with van der Waals surface area (Å²) in [7, 11) is 0. The zero-order chi connectivity index (χ0) is 16.1. The minimum Gasteiger partial charge on any atom is -0.345 e. The fourth-order valence-corrected chi connectivity index (χ4v) is 3.34. The van der Waals surface area contributed by atoms with Gasteiger partial charge in [0, 0.05) is 24.9 Å². The topological polar surface area (TPSA) is 68.0 Å². The van der Waals surface area contributed by atoms with Crippen LogP contribution >= 0.6 is 0 Å². The van der Waals surface area contributed by atoms with Gasteiger partial charge in [-0.05, 0) is 42.0 Å². The largest absolute Gasteiger partial charge is 0.345 e. The average Bonchev–Trinajstić information content (AvgIpc) is 2.99. The van der Waals surface area contributed by atoms with E-state index in [4.69, 9.17) is 5.73 Å². The van der Waals surface area contributed by atoms with Gasteiger partial charge in [0.15, 0.2) is 0 Å². The molecule has 1 unspecified atom stereocenters. The van der Waals surface area contributed by atoms with Crippen LogP contribution < -0.4 is 11.1 Å². The first-order chi connectivity index (χ1) is 11.2. The Hall–Kier alpha value is -2.20. The SMILES string of the molecule is N[C@@H]1CCC[C@H]1CC(=O)NC(c1ccccc1)c1ccncc1. The predicted molar refractivity (Wildman–Crippen MR) is 90.6 cm³/mol. The number of pyridine rings is 1. The van der Waals surface area contributed by atoms with Crippen LogP contribution in [0.5, 0.6) is 0 Å². The van der Waals surface area contributed by atoms with Gasteiger partial charge in [0.25, 0.3) is 0 Å². The highest BCUT2D eigenvalue weighted by atomic mass is 16.1. The Kier molecular flexibility index (Phi) is 5.03. The number of rotatable bonds is 5. The highest BCUT2D eigenvalue weighted by Gasteiger charge is 2.27. The Balaban J connectivity index is 1.75. The van der Waals surface area contributed by atoms with E-state index in [1.165, 1.54) is 0 Å². The highest BCUT2D eigenvalue weighted by molar-refractivity contribution is 5.77. The number of nitrogens with zero attached hydrogens (tertiary/aromatic N) is 1. The molecular formula is C19H23N3O. The van der Waals surface area contributed by atoms with Crippen LogP contribution in [0, 0.1) is 5.92 Å². The third-order valence-electron chi connectivity index (χ3n) is 4.64. The molecule has 2 aromatic rings. The number of nitrogens with one attached hydrogen (secondary N) is 1. The molecule has 0 saturated heterocycles. The third-order valence-corrected chi connectivity index (χ3v) is 4.64. The number of aromatic nitrogens is 1. The van der Waals surface area contributed by atoms with Crippen LogP contribution in [0.4, 0.5) is 0 Å². The number of hydrogen-bond donors (Lipinski definition) is 2. The molecule has 0 bridgehead atoms. The van der Waals surface area contributed by atoms with Gasteiger partial charge in [0.05, 0.1) is 6.04 Å². The van der Waals surface area contributed by atoms with Gasteiger partial charge in [-0.15, -0.1) is 0 Å². The first kappa shape index (κ1) is 15.7. The summed E-state index contributed by atoms with van der Waals surface area (Å²) in [6.07, 6.45) is 7.24. The summed E-state index contributed by atoms with van der Waals surface area (Å²) in [6, 6.07) is 13.9. The molecule has 1 aromatic heterocycles. The quantitative estimate of drug-likeness (QED) is 0.892. The van der Waals surface area contributed by atoms with Gasteiger partial charge in [0.2, 0.25) is 5.91 Å². The zero-order valence-electron chi connectivity index (χ0n) is 13.2. The van der Waals surface area contributed by atoms with Gasteiger partial charge in [-0.25, -0.2) is 0 Å². The monoisotopic (exact) mass is 309 g/mol. The van der Waals surface area contributed by atoms with Crippen LogP contribution in [0.25, 0.3) is 0 Å². The zero-order valence-corrected chi connectivity index (χ0v) is 13.2. The standard InChI is InChI=1S/C19H23N3O/c20-17-8-4-7-16(17)13-18(23)22-19(14-5-2-1-3-6-14)15-9-11-21-12-10-15/h1-3,5-6,9-12,16-17,19H,4,7-8,13,20H2,(H,22,23)/t16-,17+,19?/m0/s1. The van der Waals surface area contributed by atoms with Crippen molar-refractivity contribution in [2.75, 3.05) is 0 Å². The van der Waals surface area contributed by atoms with Crippen molar-refractivity contribution < 1.29 is 4.79 Å². The lowest BCUT2D eigenvalue weighted by atomic mass is 9.97. The van der Waals surface area contributed by atoms with Crippen LogP contribution in [0.15, 0.2) is 54.9 Å². The highest BCUT2D eigenvalue weighted by Crippen LogP contribution is 2.28. The number of hydrogen-bond acceptors (Lipinski definition) is 3. The van der Waals surface area contributed by atoms with E-state index in [2.05, 4.69) is 10.3 Å². The molecule has 4 heteroatoms. The summed E-state index contributed by atoms with van der Waals surface area (Å²) in [4.78, 5) is 16.6. The van der Waals surface area contributed by atoms with Crippen molar-refractivity contribution in [1.82, 2.24) is 10.3 Å². The fourth-order valence-electron chi connectivity index (χ4n) is 3.34. The fraction of sp³-hybridized carbons (Fsp3) is 0.368. The van der Waals surface area contributed by atoms with Crippen LogP contribution in [0.1, 0.15) is 42.9 Å². The van der Waals surface area contributed by atoms with E-state index in [-0.39, 0.29) is 18.0 Å².